The summed E-state index contributed by atoms with van der Waals surface area (Å²) in [5.41, 5.74) is 2.10. The molecule has 0 aromatic heterocycles. The van der Waals surface area contributed by atoms with E-state index in [1.807, 2.05) is 27.7 Å². The zero-order valence-corrected chi connectivity index (χ0v) is 56.0. The van der Waals surface area contributed by atoms with E-state index < -0.39 is 126 Å². The third kappa shape index (κ3) is 16.1. The number of aliphatic carboxylic acids is 2. The quantitative estimate of drug-likeness (QED) is 0.0732. The zero-order chi connectivity index (χ0) is 66.5. The Morgan fingerprint density at radius 2 is 0.822 bits per heavy atom. The van der Waals surface area contributed by atoms with Crippen molar-refractivity contribution in [2.45, 2.75) is 140 Å². The summed E-state index contributed by atoms with van der Waals surface area (Å²) in [4.78, 5) is 55.7. The molecule has 90 heavy (non-hydrogen) atoms. The van der Waals surface area contributed by atoms with Crippen LogP contribution in [0.25, 0.3) is 0 Å². The summed E-state index contributed by atoms with van der Waals surface area (Å²) in [5, 5.41) is 21.2. The van der Waals surface area contributed by atoms with Crippen LogP contribution in [-0.4, -0.2) is 107 Å². The van der Waals surface area contributed by atoms with Gasteiger partial charge in [0.25, 0.3) is 11.8 Å². The highest BCUT2D eigenvalue weighted by atomic mass is 35.5. The molecule has 0 aliphatic carbocycles. The van der Waals surface area contributed by atoms with E-state index in [0.29, 0.717) is 42.3 Å². The average Bonchev–Trinajstić information content (AvgIpc) is 0.760. The molecule has 0 spiro atoms. The van der Waals surface area contributed by atoms with Gasteiger partial charge in [-0.1, -0.05) is 147 Å². The van der Waals surface area contributed by atoms with Crippen molar-refractivity contribution >= 4 is 102 Å². The van der Waals surface area contributed by atoms with Crippen molar-refractivity contribution in [3.63, 3.8) is 0 Å². The fourth-order valence-electron chi connectivity index (χ4n) is 10.9. The first kappa shape index (κ1) is 71.1. The SMILES string of the molecule is CC(C)C(CN(c1ccccc1F)S(=O)(=O)C(C)(C)C)N1C(=O)[C@@H](CC(=O)O)O[C@H](c2cccc(Cl)c2)[C@H]1c1ccc(Cl)cc1.CC(C)C(CN(c1ccccc1F)S(=O)(=O)C(C)(C)C)N1C(=O)[C@H](CC(=O)O)O[C@H](c2cccc(Cl)c2)[C@H]1c1ccc(Cl)cc1. The Kier molecular flexibility index (Phi) is 23.0. The summed E-state index contributed by atoms with van der Waals surface area (Å²) in [6, 6.07) is 35.0. The maximum atomic E-state index is 15.3. The number of benzene rings is 6. The highest BCUT2D eigenvalue weighted by Gasteiger charge is 2.52. The van der Waals surface area contributed by atoms with Crippen LogP contribution in [0.2, 0.25) is 20.1 Å². The second-order valence-electron chi connectivity index (χ2n) is 24.7. The number of ether oxygens (including phenoxy) is 2. The molecule has 2 unspecified atom stereocenters. The Morgan fingerprint density at radius 3 is 1.10 bits per heavy atom. The number of amides is 2. The van der Waals surface area contributed by atoms with Crippen LogP contribution >= 0.6 is 46.4 Å². The van der Waals surface area contributed by atoms with Crippen LogP contribution in [0.1, 0.15) is 129 Å². The monoisotopic (exact) mass is 1360 g/mol. The van der Waals surface area contributed by atoms with Gasteiger partial charge in [0.2, 0.25) is 20.0 Å². The zero-order valence-electron chi connectivity index (χ0n) is 51.3. The molecule has 16 nitrogen and oxygen atoms in total. The first-order valence-corrected chi connectivity index (χ1v) is 33.4. The summed E-state index contributed by atoms with van der Waals surface area (Å²) in [6.07, 6.45) is -5.82. The maximum absolute atomic E-state index is 15.3. The number of anilines is 2. The van der Waals surface area contributed by atoms with E-state index in [0.717, 1.165) is 8.61 Å². The van der Waals surface area contributed by atoms with Gasteiger partial charge in [-0.05, 0) is 148 Å². The summed E-state index contributed by atoms with van der Waals surface area (Å²) in [5.74, 6) is -5.98. The topological polar surface area (TPSA) is 208 Å². The minimum absolute atomic E-state index is 0.157. The lowest BCUT2D eigenvalue weighted by molar-refractivity contribution is -0.184. The van der Waals surface area contributed by atoms with Crippen LogP contribution in [0.3, 0.4) is 0 Å². The van der Waals surface area contributed by atoms with Crippen LogP contribution in [0.5, 0.6) is 0 Å². The number of hydrogen-bond donors (Lipinski definition) is 2. The lowest BCUT2D eigenvalue weighted by Gasteiger charge is -2.50. The Labute approximate surface area is 545 Å². The Morgan fingerprint density at radius 1 is 0.500 bits per heavy atom. The molecule has 2 amide bonds. The number of carbonyl (C=O) groups excluding carboxylic acids is 2. The third-order valence-electron chi connectivity index (χ3n) is 15.7. The van der Waals surface area contributed by atoms with Gasteiger partial charge < -0.3 is 29.5 Å². The molecule has 484 valence electrons. The number of carboxylic acids is 2. The predicted molar refractivity (Wildman–Crippen MR) is 347 cm³/mol. The largest absolute Gasteiger partial charge is 0.481 e. The number of carboxylic acid groups (broad SMARTS) is 2. The number of rotatable bonds is 20. The number of halogens is 6. The molecular weight excluding hydrogens is 1280 g/mol. The standard InChI is InChI=1S/2C33H37Cl2FN2O6S/c2*1-20(2)27(19-37(45(42,43)33(3,4)5)26-12-7-6-11-25(26)36)38-30(21-13-15-23(34)16-14-21)31(22-9-8-10-24(35)17-22)44-28(32(38)41)18-29(39)40/h2*6-17,20,27-28,30-31H,18-19H2,1-5H3,(H,39,40)/t27?,28-,30+,31+;27?,28-,30-,31-/m01/s1. The van der Waals surface area contributed by atoms with Gasteiger partial charge in [-0.15, -0.1) is 0 Å². The van der Waals surface area contributed by atoms with Crippen LogP contribution in [0.4, 0.5) is 20.2 Å². The van der Waals surface area contributed by atoms with E-state index >= 15 is 8.78 Å². The third-order valence-corrected chi connectivity index (χ3v) is 21.6. The van der Waals surface area contributed by atoms with E-state index in [2.05, 4.69) is 0 Å². The van der Waals surface area contributed by atoms with Crippen LogP contribution < -0.4 is 8.61 Å². The van der Waals surface area contributed by atoms with Gasteiger partial charge in [-0.3, -0.25) is 27.8 Å². The number of morpholine rings is 2. The summed E-state index contributed by atoms with van der Waals surface area (Å²) >= 11 is 25.2. The number of hydrogen-bond acceptors (Lipinski definition) is 10. The second kappa shape index (κ2) is 29.1. The van der Waals surface area contributed by atoms with Crippen molar-refractivity contribution in [2.24, 2.45) is 11.8 Å². The van der Waals surface area contributed by atoms with Crippen molar-refractivity contribution < 1.29 is 64.5 Å². The molecule has 2 heterocycles. The fourth-order valence-corrected chi connectivity index (χ4v) is 14.4. The van der Waals surface area contributed by atoms with E-state index in [9.17, 15) is 46.2 Å². The minimum Gasteiger partial charge on any atom is -0.481 e. The number of nitrogens with zero attached hydrogens (tertiary/aromatic N) is 4. The highest BCUT2D eigenvalue weighted by Crippen LogP contribution is 2.48. The van der Waals surface area contributed by atoms with E-state index in [1.54, 1.807) is 109 Å². The summed E-state index contributed by atoms with van der Waals surface area (Å²) in [6.45, 7) is 15.8. The molecule has 6 aromatic carbocycles. The van der Waals surface area contributed by atoms with E-state index in [1.165, 1.54) is 87.7 Å². The Hall–Kier alpha value is -6.36. The Bertz CT molecular complexity index is 3540. The molecule has 2 aliphatic rings. The van der Waals surface area contributed by atoms with Crippen molar-refractivity contribution in [2.75, 3.05) is 21.7 Å². The first-order valence-electron chi connectivity index (χ1n) is 29.0. The molecule has 0 saturated carbocycles. The maximum Gasteiger partial charge on any atom is 0.306 e. The van der Waals surface area contributed by atoms with Gasteiger partial charge in [-0.2, -0.15) is 0 Å². The second-order valence-corrected chi connectivity index (χ2v) is 31.7. The van der Waals surface area contributed by atoms with Gasteiger partial charge in [0.1, 0.15) is 36.1 Å². The van der Waals surface area contributed by atoms with E-state index in [4.69, 9.17) is 55.9 Å². The lowest BCUT2D eigenvalue weighted by atomic mass is 9.88. The lowest BCUT2D eigenvalue weighted by Crippen LogP contribution is -2.60. The predicted octanol–water partition coefficient (Wildman–Crippen LogP) is 14.6. The van der Waals surface area contributed by atoms with Gasteiger partial charge in [0.05, 0.1) is 71.0 Å². The molecule has 2 fully saturated rings. The molecular formula is C66H74Cl4F2N4O12S2. The highest BCUT2D eigenvalue weighted by molar-refractivity contribution is 7.94. The molecule has 8 rings (SSSR count). The van der Waals surface area contributed by atoms with Crippen molar-refractivity contribution in [1.29, 1.82) is 0 Å². The van der Waals surface area contributed by atoms with Gasteiger partial charge in [0, 0.05) is 20.1 Å². The van der Waals surface area contributed by atoms with Crippen LogP contribution in [0.15, 0.2) is 146 Å². The van der Waals surface area contributed by atoms with Gasteiger partial charge >= 0.3 is 11.9 Å². The molecule has 8 atom stereocenters. The minimum atomic E-state index is -4.20. The van der Waals surface area contributed by atoms with Crippen molar-refractivity contribution in [3.05, 3.63) is 200 Å². The summed E-state index contributed by atoms with van der Waals surface area (Å²) in [7, 11) is -8.39. The van der Waals surface area contributed by atoms with Gasteiger partial charge in [-0.25, -0.2) is 25.6 Å². The number of carbonyl (C=O) groups is 4. The van der Waals surface area contributed by atoms with Crippen LogP contribution in [0, 0.1) is 23.5 Å². The average molecular weight is 1360 g/mol. The number of para-hydroxylation sites is 2. The molecule has 2 N–H and O–H groups in total. The van der Waals surface area contributed by atoms with Crippen molar-refractivity contribution in [1.82, 2.24) is 9.80 Å². The van der Waals surface area contributed by atoms with Crippen molar-refractivity contribution in [3.8, 4) is 0 Å². The number of sulfonamides is 2. The van der Waals surface area contributed by atoms with Crippen LogP contribution in [-0.2, 0) is 48.7 Å². The van der Waals surface area contributed by atoms with Gasteiger partial charge in [0.15, 0.2) is 0 Å². The summed E-state index contributed by atoms with van der Waals surface area (Å²) < 4.78 is 98.9. The van der Waals surface area contributed by atoms with E-state index in [-0.39, 0.29) is 36.3 Å². The normalized spacial score (nSPS) is 19.9. The molecule has 0 radical (unpaired) electrons. The molecule has 2 saturated heterocycles. The first-order chi connectivity index (χ1) is 42.0. The molecule has 2 aliphatic heterocycles. The molecule has 0 bridgehead atoms. The Balaban J connectivity index is 0.000000256. The molecule has 6 aromatic rings. The smallest absolute Gasteiger partial charge is 0.306 e. The fraction of sp³-hybridized carbons (Fsp3) is 0.394. The molecule has 24 heteroatoms.